The van der Waals surface area contributed by atoms with Crippen molar-refractivity contribution in [2.24, 2.45) is 0 Å². The number of rotatable bonds is 10. The number of benzene rings is 2. The van der Waals surface area contributed by atoms with Crippen LogP contribution in [0.5, 0.6) is 11.5 Å². The highest BCUT2D eigenvalue weighted by atomic mass is 32.2. The van der Waals surface area contributed by atoms with Gasteiger partial charge in [0.2, 0.25) is 0 Å². The zero-order chi connectivity index (χ0) is 19.9. The van der Waals surface area contributed by atoms with Crippen molar-refractivity contribution in [2.45, 2.75) is 18.7 Å². The zero-order valence-corrected chi connectivity index (χ0v) is 17.2. The molecule has 2 aromatic rings. The first-order chi connectivity index (χ1) is 12.9. The monoisotopic (exact) mass is 392 g/mol. The number of para-hydroxylation sites is 1. The number of hydrogen-bond donors (Lipinski definition) is 0. The average Bonchev–Trinajstić information content (AvgIpc) is 2.64. The SMILES string of the molecule is CCOc1ccc(S(=O)(=O)N(CCN(C)C)c2ccccc2)cc1OCC. The summed E-state index contributed by atoms with van der Waals surface area (Å²) in [5, 5.41) is 0. The molecule has 0 N–H and O–H groups in total. The molecule has 0 saturated carbocycles. The van der Waals surface area contributed by atoms with E-state index in [2.05, 4.69) is 0 Å². The highest BCUT2D eigenvalue weighted by Gasteiger charge is 2.26. The highest BCUT2D eigenvalue weighted by molar-refractivity contribution is 7.92. The molecule has 0 saturated heterocycles. The van der Waals surface area contributed by atoms with Crippen molar-refractivity contribution in [1.29, 1.82) is 0 Å². The van der Waals surface area contributed by atoms with Crippen molar-refractivity contribution >= 4 is 15.7 Å². The summed E-state index contributed by atoms with van der Waals surface area (Å²) in [5.41, 5.74) is 0.631. The molecule has 0 spiro atoms. The first-order valence-electron chi connectivity index (χ1n) is 9.02. The fourth-order valence-corrected chi connectivity index (χ4v) is 4.06. The molecule has 27 heavy (non-hydrogen) atoms. The molecule has 6 nitrogen and oxygen atoms in total. The van der Waals surface area contributed by atoms with Crippen molar-refractivity contribution in [3.63, 3.8) is 0 Å². The van der Waals surface area contributed by atoms with Crippen molar-refractivity contribution in [2.75, 3.05) is 44.7 Å². The minimum atomic E-state index is -3.75. The topological polar surface area (TPSA) is 59.1 Å². The van der Waals surface area contributed by atoms with Gasteiger partial charge in [0.1, 0.15) is 0 Å². The molecule has 0 aliphatic heterocycles. The van der Waals surface area contributed by atoms with Gasteiger partial charge in [0.05, 0.1) is 23.8 Å². The molecular weight excluding hydrogens is 364 g/mol. The third kappa shape index (κ3) is 5.37. The van der Waals surface area contributed by atoms with Gasteiger partial charge in [-0.2, -0.15) is 0 Å². The molecule has 0 atom stereocenters. The Morgan fingerprint density at radius 2 is 1.48 bits per heavy atom. The van der Waals surface area contributed by atoms with Gasteiger partial charge in [0, 0.05) is 19.2 Å². The van der Waals surface area contributed by atoms with E-state index in [1.165, 1.54) is 10.4 Å². The van der Waals surface area contributed by atoms with Gasteiger partial charge in [-0.1, -0.05) is 18.2 Å². The molecule has 0 aromatic heterocycles. The summed E-state index contributed by atoms with van der Waals surface area (Å²) < 4.78 is 39.3. The van der Waals surface area contributed by atoms with Crippen LogP contribution in [0.1, 0.15) is 13.8 Å². The molecule has 0 bridgehead atoms. The maximum atomic E-state index is 13.4. The Hall–Kier alpha value is -2.25. The molecule has 0 amide bonds. The van der Waals surface area contributed by atoms with Gasteiger partial charge in [-0.15, -0.1) is 0 Å². The number of nitrogens with zero attached hydrogens (tertiary/aromatic N) is 2. The molecule has 0 radical (unpaired) electrons. The van der Waals surface area contributed by atoms with Crippen LogP contribution in [0.15, 0.2) is 53.4 Å². The van der Waals surface area contributed by atoms with Crippen molar-refractivity contribution in [3.05, 3.63) is 48.5 Å². The van der Waals surface area contributed by atoms with Crippen LogP contribution >= 0.6 is 0 Å². The second-order valence-electron chi connectivity index (χ2n) is 6.19. The Kier molecular flexibility index (Phi) is 7.50. The van der Waals surface area contributed by atoms with E-state index >= 15 is 0 Å². The van der Waals surface area contributed by atoms with E-state index in [0.717, 1.165) is 0 Å². The molecule has 2 aromatic carbocycles. The van der Waals surface area contributed by atoms with Crippen molar-refractivity contribution in [3.8, 4) is 11.5 Å². The first kappa shape index (κ1) is 21.1. The van der Waals surface area contributed by atoms with Crippen molar-refractivity contribution in [1.82, 2.24) is 4.90 Å². The van der Waals surface area contributed by atoms with E-state index in [1.54, 1.807) is 24.3 Å². The maximum Gasteiger partial charge on any atom is 0.264 e. The fraction of sp³-hybridized carbons (Fsp3) is 0.400. The summed E-state index contributed by atoms with van der Waals surface area (Å²) in [7, 11) is 0.0819. The van der Waals surface area contributed by atoms with Crippen molar-refractivity contribution < 1.29 is 17.9 Å². The van der Waals surface area contributed by atoms with Crippen LogP contribution in [0.2, 0.25) is 0 Å². The van der Waals surface area contributed by atoms with Gasteiger partial charge in [0.25, 0.3) is 10.0 Å². The lowest BCUT2D eigenvalue weighted by molar-refractivity contribution is 0.287. The largest absolute Gasteiger partial charge is 0.490 e. The van der Waals surface area contributed by atoms with E-state index < -0.39 is 10.0 Å². The number of anilines is 1. The maximum absolute atomic E-state index is 13.4. The Morgan fingerprint density at radius 1 is 0.852 bits per heavy atom. The lowest BCUT2D eigenvalue weighted by Crippen LogP contribution is -2.36. The van der Waals surface area contributed by atoms with Gasteiger partial charge in [-0.3, -0.25) is 4.31 Å². The lowest BCUT2D eigenvalue weighted by Gasteiger charge is -2.26. The number of ether oxygens (including phenoxy) is 2. The van der Waals surface area contributed by atoms with Crippen LogP contribution in [0, 0.1) is 0 Å². The fourth-order valence-electron chi connectivity index (χ4n) is 2.59. The summed E-state index contributed by atoms with van der Waals surface area (Å²) >= 11 is 0. The molecule has 0 heterocycles. The average molecular weight is 393 g/mol. The van der Waals surface area contributed by atoms with Crippen LogP contribution in [0.4, 0.5) is 5.69 Å². The third-order valence-electron chi connectivity index (χ3n) is 3.90. The van der Waals surface area contributed by atoms with Crippen LogP contribution in [-0.2, 0) is 10.0 Å². The molecule has 0 fully saturated rings. The molecule has 2 rings (SSSR count). The van der Waals surface area contributed by atoms with Crippen LogP contribution in [0.25, 0.3) is 0 Å². The van der Waals surface area contributed by atoms with Gasteiger partial charge in [-0.05, 0) is 52.2 Å². The molecule has 0 unspecified atom stereocenters. The van der Waals surface area contributed by atoms with Gasteiger partial charge >= 0.3 is 0 Å². The van der Waals surface area contributed by atoms with E-state index in [1.807, 2.05) is 51.0 Å². The standard InChI is InChI=1S/C20H28N2O4S/c1-5-25-19-13-12-18(16-20(19)26-6-2)27(23,24)22(15-14-21(3)4)17-10-8-7-9-11-17/h7-13,16H,5-6,14-15H2,1-4H3. The van der Waals surface area contributed by atoms with Gasteiger partial charge < -0.3 is 14.4 Å². The predicted molar refractivity (Wildman–Crippen MR) is 108 cm³/mol. The smallest absolute Gasteiger partial charge is 0.264 e. The number of sulfonamides is 1. The van der Waals surface area contributed by atoms with Gasteiger partial charge in [0.15, 0.2) is 11.5 Å². The molecule has 148 valence electrons. The Bertz CT molecular complexity index is 823. The van der Waals surface area contributed by atoms with Gasteiger partial charge in [-0.25, -0.2) is 8.42 Å². The summed E-state index contributed by atoms with van der Waals surface area (Å²) in [5.74, 6) is 0.971. The third-order valence-corrected chi connectivity index (χ3v) is 5.72. The normalized spacial score (nSPS) is 11.4. The summed E-state index contributed by atoms with van der Waals surface area (Å²) in [6.45, 7) is 5.57. The molecule has 0 aliphatic carbocycles. The predicted octanol–water partition coefficient (Wildman–Crippen LogP) is 3.24. The Morgan fingerprint density at radius 3 is 2.07 bits per heavy atom. The summed E-state index contributed by atoms with van der Waals surface area (Å²) in [6, 6.07) is 13.9. The van der Waals surface area contributed by atoms with Crippen LogP contribution in [-0.4, -0.2) is 53.7 Å². The van der Waals surface area contributed by atoms with Crippen LogP contribution < -0.4 is 13.8 Å². The summed E-state index contributed by atoms with van der Waals surface area (Å²) in [6.07, 6.45) is 0. The minimum Gasteiger partial charge on any atom is -0.490 e. The van der Waals surface area contributed by atoms with E-state index in [9.17, 15) is 8.42 Å². The second-order valence-corrected chi connectivity index (χ2v) is 8.05. The minimum absolute atomic E-state index is 0.178. The lowest BCUT2D eigenvalue weighted by atomic mass is 10.3. The van der Waals surface area contributed by atoms with Crippen LogP contribution in [0.3, 0.4) is 0 Å². The number of hydrogen-bond acceptors (Lipinski definition) is 5. The summed E-state index contributed by atoms with van der Waals surface area (Å²) in [4.78, 5) is 2.13. The zero-order valence-electron chi connectivity index (χ0n) is 16.4. The molecular formula is C20H28N2O4S. The molecule has 7 heteroatoms. The highest BCUT2D eigenvalue weighted by Crippen LogP contribution is 2.32. The second kappa shape index (κ2) is 9.62. The Balaban J connectivity index is 2.46. The Labute approximate surface area is 162 Å². The first-order valence-corrected chi connectivity index (χ1v) is 10.5. The molecule has 0 aliphatic rings. The van der Waals surface area contributed by atoms with E-state index in [-0.39, 0.29) is 4.90 Å². The van der Waals surface area contributed by atoms with E-state index in [4.69, 9.17) is 9.47 Å². The van der Waals surface area contributed by atoms with E-state index in [0.29, 0.717) is 43.5 Å². The number of likely N-dealkylation sites (N-methyl/N-ethyl adjacent to an activating group) is 1. The quantitative estimate of drug-likeness (QED) is 0.621.